The van der Waals surface area contributed by atoms with Gasteiger partial charge >= 0.3 is 0 Å². The van der Waals surface area contributed by atoms with Crippen molar-refractivity contribution in [1.82, 2.24) is 10.8 Å². The second-order valence-electron chi connectivity index (χ2n) is 4.91. The lowest BCUT2D eigenvalue weighted by Crippen LogP contribution is -2.52. The lowest BCUT2D eigenvalue weighted by Gasteiger charge is -2.36. The molecule has 1 rings (SSSR count). The van der Waals surface area contributed by atoms with Crippen LogP contribution in [-0.4, -0.2) is 58.4 Å². The molecule has 8 heteroatoms. The van der Waals surface area contributed by atoms with E-state index >= 15 is 0 Å². The molecule has 1 fully saturated rings. The molecular formula is C11H25N3O5. The summed E-state index contributed by atoms with van der Waals surface area (Å²) >= 11 is 0. The van der Waals surface area contributed by atoms with Crippen LogP contribution in [-0.2, 0) is 4.84 Å². The molecule has 0 aliphatic carbocycles. The van der Waals surface area contributed by atoms with E-state index < -0.39 is 24.8 Å². The van der Waals surface area contributed by atoms with Crippen LogP contribution in [0.15, 0.2) is 0 Å². The summed E-state index contributed by atoms with van der Waals surface area (Å²) in [6.45, 7) is 0.369. The van der Waals surface area contributed by atoms with Gasteiger partial charge in [-0.25, -0.2) is 0 Å². The van der Waals surface area contributed by atoms with Crippen LogP contribution in [0.5, 0.6) is 0 Å². The standard InChI is InChI=1S/C11H25N3O5/c12-4-1-5-13-19-11(18,7-15)6-8-2-3-9(16)14-10(8)17/h8-10,13-18H,1-7,12H2. The Balaban J connectivity index is 2.40. The van der Waals surface area contributed by atoms with Crippen LogP contribution in [0.3, 0.4) is 0 Å². The van der Waals surface area contributed by atoms with Gasteiger partial charge in [0.15, 0.2) is 0 Å². The minimum absolute atomic E-state index is 0.0556. The highest BCUT2D eigenvalue weighted by atomic mass is 16.7. The quantitative estimate of drug-likeness (QED) is 0.148. The molecule has 0 aromatic heterocycles. The summed E-state index contributed by atoms with van der Waals surface area (Å²) in [7, 11) is 0. The van der Waals surface area contributed by atoms with Gasteiger partial charge in [0.2, 0.25) is 5.79 Å². The van der Waals surface area contributed by atoms with Crippen LogP contribution in [0.2, 0.25) is 0 Å². The molecule has 0 radical (unpaired) electrons. The largest absolute Gasteiger partial charge is 0.391 e. The first-order valence-electron chi connectivity index (χ1n) is 6.57. The maximum absolute atomic E-state index is 10.1. The second kappa shape index (κ2) is 8.08. The third-order valence-corrected chi connectivity index (χ3v) is 3.19. The summed E-state index contributed by atoms with van der Waals surface area (Å²) in [4.78, 5) is 5.06. The van der Waals surface area contributed by atoms with E-state index in [1.165, 1.54) is 0 Å². The maximum atomic E-state index is 10.1. The Morgan fingerprint density at radius 1 is 1.37 bits per heavy atom. The number of hydrogen-bond acceptors (Lipinski definition) is 8. The molecule has 8 N–H and O–H groups in total. The first kappa shape index (κ1) is 16.7. The molecule has 114 valence electrons. The molecule has 0 bridgehead atoms. The maximum Gasteiger partial charge on any atom is 0.208 e. The van der Waals surface area contributed by atoms with Gasteiger partial charge < -0.3 is 26.2 Å². The number of nitrogens with one attached hydrogen (secondary N) is 2. The first-order valence-corrected chi connectivity index (χ1v) is 6.57. The Labute approximate surface area is 112 Å². The number of hydroxylamine groups is 1. The van der Waals surface area contributed by atoms with E-state index in [-0.39, 0.29) is 12.3 Å². The number of hydrogen-bond donors (Lipinski definition) is 7. The smallest absolute Gasteiger partial charge is 0.208 e. The van der Waals surface area contributed by atoms with E-state index in [2.05, 4.69) is 10.8 Å². The molecule has 0 spiro atoms. The molecule has 4 atom stereocenters. The van der Waals surface area contributed by atoms with E-state index in [4.69, 9.17) is 10.6 Å². The molecule has 1 saturated heterocycles. The van der Waals surface area contributed by atoms with Gasteiger partial charge in [0.05, 0.1) is 6.61 Å². The molecule has 4 unspecified atom stereocenters. The van der Waals surface area contributed by atoms with Crippen molar-refractivity contribution in [3.63, 3.8) is 0 Å². The Kier molecular flexibility index (Phi) is 7.11. The molecule has 1 aliphatic heterocycles. The summed E-state index contributed by atoms with van der Waals surface area (Å²) in [5.74, 6) is -2.07. The van der Waals surface area contributed by atoms with Gasteiger partial charge in [0, 0.05) is 18.9 Å². The summed E-state index contributed by atoms with van der Waals surface area (Å²) < 4.78 is 0. The fourth-order valence-electron chi connectivity index (χ4n) is 2.07. The Hall–Kier alpha value is -0.320. The molecule has 1 aliphatic rings. The molecule has 1 heterocycles. The fraction of sp³-hybridized carbons (Fsp3) is 1.00. The number of aliphatic hydroxyl groups excluding tert-OH is 3. The van der Waals surface area contributed by atoms with Gasteiger partial charge in [-0.1, -0.05) is 0 Å². The minimum atomic E-state index is -1.76. The normalized spacial score (nSPS) is 31.1. The van der Waals surface area contributed by atoms with Crippen LogP contribution in [0.4, 0.5) is 0 Å². The number of nitrogens with two attached hydrogens (primary N) is 1. The van der Waals surface area contributed by atoms with E-state index in [1.54, 1.807) is 0 Å². The van der Waals surface area contributed by atoms with Crippen LogP contribution in [0, 0.1) is 5.92 Å². The highest BCUT2D eigenvalue weighted by Crippen LogP contribution is 2.27. The van der Waals surface area contributed by atoms with Crippen molar-refractivity contribution in [2.75, 3.05) is 19.7 Å². The lowest BCUT2D eigenvalue weighted by atomic mass is 9.89. The van der Waals surface area contributed by atoms with Crippen molar-refractivity contribution >= 4 is 0 Å². The van der Waals surface area contributed by atoms with Crippen LogP contribution in [0.1, 0.15) is 25.7 Å². The van der Waals surface area contributed by atoms with Crippen molar-refractivity contribution in [2.45, 2.75) is 43.9 Å². The van der Waals surface area contributed by atoms with Crippen molar-refractivity contribution in [2.24, 2.45) is 11.7 Å². The van der Waals surface area contributed by atoms with E-state index in [1.807, 2.05) is 0 Å². The zero-order chi connectivity index (χ0) is 14.3. The van der Waals surface area contributed by atoms with Crippen molar-refractivity contribution in [1.29, 1.82) is 0 Å². The average molecular weight is 279 g/mol. The zero-order valence-electron chi connectivity index (χ0n) is 11.0. The van der Waals surface area contributed by atoms with Gasteiger partial charge in [-0.05, 0) is 25.8 Å². The van der Waals surface area contributed by atoms with Crippen LogP contribution < -0.4 is 16.5 Å². The van der Waals surface area contributed by atoms with E-state index in [9.17, 15) is 20.4 Å². The molecular weight excluding hydrogens is 254 g/mol. The van der Waals surface area contributed by atoms with Crippen LogP contribution >= 0.6 is 0 Å². The monoisotopic (exact) mass is 279 g/mol. The van der Waals surface area contributed by atoms with E-state index in [0.717, 1.165) is 0 Å². The van der Waals surface area contributed by atoms with Crippen molar-refractivity contribution in [3.05, 3.63) is 0 Å². The van der Waals surface area contributed by atoms with Crippen molar-refractivity contribution in [3.8, 4) is 0 Å². The van der Waals surface area contributed by atoms with E-state index in [0.29, 0.717) is 32.4 Å². The topological polar surface area (TPSA) is 140 Å². The van der Waals surface area contributed by atoms with Gasteiger partial charge in [-0.15, -0.1) is 0 Å². The predicted octanol–water partition coefficient (Wildman–Crippen LogP) is -2.44. The molecule has 0 aromatic rings. The number of rotatable bonds is 8. The highest BCUT2D eigenvalue weighted by Gasteiger charge is 2.37. The Bertz CT molecular complexity index is 258. The number of piperidine rings is 1. The summed E-state index contributed by atoms with van der Waals surface area (Å²) in [6.07, 6.45) is 0.0705. The molecule has 19 heavy (non-hydrogen) atoms. The average Bonchev–Trinajstić information content (AvgIpc) is 2.38. The predicted molar refractivity (Wildman–Crippen MR) is 67.3 cm³/mol. The van der Waals surface area contributed by atoms with Gasteiger partial charge in [0.1, 0.15) is 12.5 Å². The minimum Gasteiger partial charge on any atom is -0.391 e. The lowest BCUT2D eigenvalue weighted by molar-refractivity contribution is -0.270. The molecule has 0 amide bonds. The number of aliphatic hydroxyl groups is 4. The SMILES string of the molecule is NCCCNOC(O)(CO)CC1CCC(O)NC1O. The second-order valence-corrected chi connectivity index (χ2v) is 4.91. The molecule has 8 nitrogen and oxygen atoms in total. The summed E-state index contributed by atoms with van der Waals surface area (Å²) in [6, 6.07) is 0. The van der Waals surface area contributed by atoms with Gasteiger partial charge in [0.25, 0.3) is 0 Å². The van der Waals surface area contributed by atoms with Gasteiger partial charge in [-0.3, -0.25) is 10.2 Å². The zero-order valence-corrected chi connectivity index (χ0v) is 11.0. The summed E-state index contributed by atoms with van der Waals surface area (Å²) in [5.41, 5.74) is 7.87. The third-order valence-electron chi connectivity index (χ3n) is 3.19. The highest BCUT2D eigenvalue weighted by molar-refractivity contribution is 4.81. The molecule has 0 aromatic carbocycles. The first-order chi connectivity index (χ1) is 9.00. The Morgan fingerprint density at radius 3 is 2.68 bits per heavy atom. The van der Waals surface area contributed by atoms with Crippen LogP contribution in [0.25, 0.3) is 0 Å². The summed E-state index contributed by atoms with van der Waals surface area (Å²) in [5, 5.41) is 41.0. The third kappa shape index (κ3) is 5.67. The molecule has 0 saturated carbocycles. The fourth-order valence-corrected chi connectivity index (χ4v) is 2.07. The van der Waals surface area contributed by atoms with Crippen molar-refractivity contribution < 1.29 is 25.3 Å². The Morgan fingerprint density at radius 2 is 2.11 bits per heavy atom. The van der Waals surface area contributed by atoms with Gasteiger partial charge in [-0.2, -0.15) is 5.48 Å².